The van der Waals surface area contributed by atoms with Gasteiger partial charge in [0.1, 0.15) is 5.58 Å². The Morgan fingerprint density at radius 3 is 2.83 bits per heavy atom. The highest BCUT2D eigenvalue weighted by Gasteiger charge is 2.45. The van der Waals surface area contributed by atoms with Gasteiger partial charge in [0.15, 0.2) is 11.5 Å². The molecule has 0 bridgehead atoms. The first-order valence-corrected chi connectivity index (χ1v) is 11.1. The average Bonchev–Trinajstić information content (AvgIpc) is 3.39. The Bertz CT molecular complexity index is 1160. The van der Waals surface area contributed by atoms with Gasteiger partial charge in [-0.05, 0) is 54.6 Å². The molecule has 30 heavy (non-hydrogen) atoms. The molecule has 1 atom stereocenters. The maximum Gasteiger partial charge on any atom is 0.290 e. The van der Waals surface area contributed by atoms with Crippen LogP contribution in [0, 0.1) is 6.92 Å². The summed E-state index contributed by atoms with van der Waals surface area (Å²) in [7, 11) is 1.59. The number of thiophene rings is 1. The summed E-state index contributed by atoms with van der Waals surface area (Å²) in [6, 6.07) is 8.36. The lowest BCUT2D eigenvalue weighted by molar-refractivity contribution is -0.129. The fourth-order valence-electron chi connectivity index (χ4n) is 3.69. The zero-order chi connectivity index (χ0) is 21.4. The van der Waals surface area contributed by atoms with E-state index in [1.54, 1.807) is 24.1 Å². The molecule has 0 aliphatic carbocycles. The van der Waals surface area contributed by atoms with Crippen LogP contribution in [-0.4, -0.2) is 42.0 Å². The Morgan fingerprint density at radius 2 is 2.13 bits per heavy atom. The number of methoxy groups -OCH3 is 1. The van der Waals surface area contributed by atoms with Gasteiger partial charge in [-0.25, -0.2) is 0 Å². The lowest BCUT2D eigenvalue weighted by atomic mass is 9.98. The second-order valence-electron chi connectivity index (χ2n) is 7.10. The van der Waals surface area contributed by atoms with Crippen molar-refractivity contribution >= 4 is 49.9 Å². The van der Waals surface area contributed by atoms with E-state index in [1.807, 2.05) is 30.5 Å². The number of carbonyl (C=O) groups is 2. The highest BCUT2D eigenvalue weighted by Crippen LogP contribution is 2.42. The van der Waals surface area contributed by atoms with Gasteiger partial charge in [-0.3, -0.25) is 9.59 Å². The summed E-state index contributed by atoms with van der Waals surface area (Å²) in [5.74, 6) is -1.46. The third-order valence-corrected chi connectivity index (χ3v) is 6.71. The third-order valence-electron chi connectivity index (χ3n) is 5.15. The van der Waals surface area contributed by atoms with Crippen LogP contribution >= 0.6 is 27.3 Å². The number of amides is 1. The van der Waals surface area contributed by atoms with Gasteiger partial charge in [0, 0.05) is 35.0 Å². The number of rotatable bonds is 7. The smallest absolute Gasteiger partial charge is 0.290 e. The van der Waals surface area contributed by atoms with E-state index in [4.69, 9.17) is 9.15 Å². The Morgan fingerprint density at radius 1 is 1.33 bits per heavy atom. The lowest BCUT2D eigenvalue weighted by Gasteiger charge is -2.26. The minimum absolute atomic E-state index is 0.0566. The standard InChI is InChI=1S/C22H20BrNO5S/c1-12-6-9-30-21(12)18-17(20(26)22(27)24(18)7-3-8-28-2)19(25)16-11-13-10-14(23)4-5-15(13)29-16/h4-6,9-11,18,26H,3,7-8H2,1-2H3. The number of nitrogens with zero attached hydrogens (tertiary/aromatic N) is 1. The van der Waals surface area contributed by atoms with Crippen molar-refractivity contribution in [3.8, 4) is 0 Å². The molecule has 3 aromatic rings. The van der Waals surface area contributed by atoms with Crippen LogP contribution in [-0.2, 0) is 9.53 Å². The van der Waals surface area contributed by atoms with Crippen LogP contribution in [0.25, 0.3) is 11.0 Å². The summed E-state index contributed by atoms with van der Waals surface area (Å²) >= 11 is 4.87. The molecule has 0 saturated carbocycles. The molecule has 6 nitrogen and oxygen atoms in total. The summed E-state index contributed by atoms with van der Waals surface area (Å²) in [4.78, 5) is 28.7. The molecule has 1 amide bonds. The Labute approximate surface area is 185 Å². The number of aryl methyl sites for hydroxylation is 1. The van der Waals surface area contributed by atoms with Crippen LogP contribution < -0.4 is 0 Å². The molecule has 156 valence electrons. The minimum atomic E-state index is -0.651. The summed E-state index contributed by atoms with van der Waals surface area (Å²) in [6.07, 6.45) is 0.594. The van der Waals surface area contributed by atoms with Crippen LogP contribution in [0.3, 0.4) is 0 Å². The largest absolute Gasteiger partial charge is 0.503 e. The predicted molar refractivity (Wildman–Crippen MR) is 118 cm³/mol. The fourth-order valence-corrected chi connectivity index (χ4v) is 5.12. The van der Waals surface area contributed by atoms with Crippen molar-refractivity contribution in [2.45, 2.75) is 19.4 Å². The number of ether oxygens (including phenoxy) is 1. The minimum Gasteiger partial charge on any atom is -0.503 e. The highest BCUT2D eigenvalue weighted by atomic mass is 79.9. The van der Waals surface area contributed by atoms with E-state index in [0.29, 0.717) is 25.2 Å². The molecule has 1 unspecified atom stereocenters. The van der Waals surface area contributed by atoms with Gasteiger partial charge in [0.25, 0.3) is 5.91 Å². The van der Waals surface area contributed by atoms with Gasteiger partial charge < -0.3 is 19.2 Å². The molecule has 0 fully saturated rings. The second-order valence-corrected chi connectivity index (χ2v) is 8.96. The van der Waals surface area contributed by atoms with Gasteiger partial charge in [-0.1, -0.05) is 15.9 Å². The molecule has 0 spiro atoms. The van der Waals surface area contributed by atoms with Gasteiger partial charge in [0.2, 0.25) is 5.78 Å². The van der Waals surface area contributed by atoms with Gasteiger partial charge >= 0.3 is 0 Å². The van der Waals surface area contributed by atoms with Crippen LogP contribution in [0.5, 0.6) is 0 Å². The number of furan rings is 1. The number of fused-ring (bicyclic) bond motifs is 1. The maximum atomic E-state index is 13.4. The molecular formula is C22H20BrNO5S. The van der Waals surface area contributed by atoms with E-state index in [2.05, 4.69) is 15.9 Å². The van der Waals surface area contributed by atoms with Crippen molar-refractivity contribution in [1.82, 2.24) is 4.90 Å². The molecule has 3 heterocycles. The fraction of sp³-hybridized carbons (Fsp3) is 0.273. The third kappa shape index (κ3) is 3.59. The first-order valence-electron chi connectivity index (χ1n) is 9.43. The predicted octanol–water partition coefficient (Wildman–Crippen LogP) is 5.18. The van der Waals surface area contributed by atoms with Gasteiger partial charge in [-0.2, -0.15) is 0 Å². The number of hydrogen-bond donors (Lipinski definition) is 1. The van der Waals surface area contributed by atoms with Crippen molar-refractivity contribution in [2.75, 3.05) is 20.3 Å². The summed E-state index contributed by atoms with van der Waals surface area (Å²) < 4.78 is 11.7. The number of ketones is 1. The molecule has 1 aromatic carbocycles. The van der Waals surface area contributed by atoms with Crippen LogP contribution in [0.1, 0.15) is 33.5 Å². The molecule has 1 aliphatic heterocycles. The number of benzene rings is 1. The summed E-state index contributed by atoms with van der Waals surface area (Å²) in [5.41, 5.74) is 1.58. The van der Waals surface area contributed by atoms with E-state index < -0.39 is 23.5 Å². The maximum absolute atomic E-state index is 13.4. The van der Waals surface area contributed by atoms with Gasteiger partial charge in [0.05, 0.1) is 11.6 Å². The Kier molecular flexibility index (Phi) is 5.81. The molecule has 2 aromatic heterocycles. The highest BCUT2D eigenvalue weighted by molar-refractivity contribution is 9.10. The normalized spacial score (nSPS) is 16.8. The Hall–Kier alpha value is -2.42. The molecular weight excluding hydrogens is 470 g/mol. The number of carbonyl (C=O) groups excluding carboxylic acids is 2. The van der Waals surface area contributed by atoms with E-state index in [1.165, 1.54) is 11.3 Å². The number of halogens is 1. The molecule has 0 radical (unpaired) electrons. The SMILES string of the molecule is COCCCN1C(=O)C(O)=C(C(=O)c2cc3cc(Br)ccc3o2)C1c1sccc1C. The van der Waals surface area contributed by atoms with Crippen LogP contribution in [0.4, 0.5) is 0 Å². The first kappa shape index (κ1) is 20.8. The van der Waals surface area contributed by atoms with Crippen molar-refractivity contribution in [3.05, 3.63) is 67.7 Å². The van der Waals surface area contributed by atoms with Crippen LogP contribution in [0.2, 0.25) is 0 Å². The van der Waals surface area contributed by atoms with E-state index >= 15 is 0 Å². The van der Waals surface area contributed by atoms with Crippen LogP contribution in [0.15, 0.2) is 55.9 Å². The monoisotopic (exact) mass is 489 g/mol. The van der Waals surface area contributed by atoms with E-state index in [0.717, 1.165) is 20.3 Å². The molecule has 1 aliphatic rings. The summed E-state index contributed by atoms with van der Waals surface area (Å²) in [6.45, 7) is 2.77. The Balaban J connectivity index is 1.77. The zero-order valence-electron chi connectivity index (χ0n) is 16.5. The lowest BCUT2D eigenvalue weighted by Crippen LogP contribution is -2.32. The molecule has 1 N–H and O–H groups in total. The molecule has 4 rings (SSSR count). The molecule has 8 heteroatoms. The van der Waals surface area contributed by atoms with Crippen molar-refractivity contribution in [2.24, 2.45) is 0 Å². The quantitative estimate of drug-likeness (QED) is 0.365. The van der Waals surface area contributed by atoms with Crippen molar-refractivity contribution in [1.29, 1.82) is 0 Å². The number of hydrogen-bond acceptors (Lipinski definition) is 6. The zero-order valence-corrected chi connectivity index (χ0v) is 18.9. The average molecular weight is 490 g/mol. The van der Waals surface area contributed by atoms with E-state index in [9.17, 15) is 14.7 Å². The number of aliphatic hydroxyl groups excluding tert-OH is 1. The number of aliphatic hydroxyl groups is 1. The van der Waals surface area contributed by atoms with Gasteiger partial charge in [-0.15, -0.1) is 11.3 Å². The second kappa shape index (κ2) is 8.37. The topological polar surface area (TPSA) is 80.0 Å². The molecule has 0 saturated heterocycles. The van der Waals surface area contributed by atoms with E-state index in [-0.39, 0.29) is 11.3 Å². The van der Waals surface area contributed by atoms with Crippen molar-refractivity contribution in [3.63, 3.8) is 0 Å². The first-order chi connectivity index (χ1) is 14.4. The van der Waals surface area contributed by atoms with Crippen molar-refractivity contribution < 1.29 is 23.8 Å². The summed E-state index contributed by atoms with van der Waals surface area (Å²) in [5, 5.41) is 13.4. The number of Topliss-reactive ketones (excluding diaryl/α,β-unsaturated/α-hetero) is 1.